The van der Waals surface area contributed by atoms with Gasteiger partial charge in [-0.15, -0.1) is 12.4 Å². The van der Waals surface area contributed by atoms with Crippen LogP contribution in [0.3, 0.4) is 0 Å². The highest BCUT2D eigenvalue weighted by Crippen LogP contribution is 2.32. The number of sulfonamides is 1. The molecule has 0 amide bonds. The lowest BCUT2D eigenvalue weighted by Crippen LogP contribution is -2.45. The molecule has 2 N–H and O–H groups in total. The SMILES string of the molecule is CC1(CNS(=O)(=O)c2ccc3c(c2)OCCCO3)CCCNC1.Cl. The third kappa shape index (κ3) is 4.53. The standard InChI is InChI=1S/C16H24N2O4S.ClH/c1-16(6-2-7-17-11-16)12-18-23(19,20)13-4-5-14-15(10-13)22-9-3-8-21-14;/h4-5,10,17-18H,2-3,6-9,11-12H2,1H3;1H. The van der Waals surface area contributed by atoms with Gasteiger partial charge in [-0.2, -0.15) is 0 Å². The Bertz CT molecular complexity index is 660. The monoisotopic (exact) mass is 376 g/mol. The molecule has 1 aromatic carbocycles. The van der Waals surface area contributed by atoms with Gasteiger partial charge in [-0.05, 0) is 36.9 Å². The maximum Gasteiger partial charge on any atom is 0.240 e. The third-order valence-corrected chi connectivity index (χ3v) is 5.80. The molecule has 1 saturated heterocycles. The second-order valence-electron chi connectivity index (χ2n) is 6.57. The summed E-state index contributed by atoms with van der Waals surface area (Å²) in [6.07, 6.45) is 2.88. The zero-order valence-corrected chi connectivity index (χ0v) is 15.5. The van der Waals surface area contributed by atoms with E-state index in [0.717, 1.165) is 32.4 Å². The lowest BCUT2D eigenvalue weighted by atomic mass is 9.83. The Morgan fingerprint density at radius 2 is 1.96 bits per heavy atom. The van der Waals surface area contributed by atoms with Crippen LogP contribution in [0.4, 0.5) is 0 Å². The average molecular weight is 377 g/mol. The number of fused-ring (bicyclic) bond motifs is 1. The van der Waals surface area contributed by atoms with Gasteiger partial charge in [-0.25, -0.2) is 13.1 Å². The van der Waals surface area contributed by atoms with Crippen molar-refractivity contribution in [1.29, 1.82) is 0 Å². The van der Waals surface area contributed by atoms with Crippen molar-refractivity contribution in [2.45, 2.75) is 31.1 Å². The number of ether oxygens (including phenoxy) is 2. The Morgan fingerprint density at radius 1 is 1.21 bits per heavy atom. The highest BCUT2D eigenvalue weighted by Gasteiger charge is 2.29. The van der Waals surface area contributed by atoms with Crippen molar-refractivity contribution in [3.05, 3.63) is 18.2 Å². The van der Waals surface area contributed by atoms with Crippen LogP contribution in [0.15, 0.2) is 23.1 Å². The van der Waals surface area contributed by atoms with E-state index < -0.39 is 10.0 Å². The van der Waals surface area contributed by atoms with Crippen molar-refractivity contribution in [3.8, 4) is 11.5 Å². The van der Waals surface area contributed by atoms with Crippen LogP contribution in [0, 0.1) is 5.41 Å². The summed E-state index contributed by atoms with van der Waals surface area (Å²) in [6, 6.07) is 4.78. The number of rotatable bonds is 4. The molecule has 0 spiro atoms. The molecule has 1 unspecified atom stereocenters. The number of hydrogen-bond acceptors (Lipinski definition) is 5. The normalized spacial score (nSPS) is 23.9. The molecule has 2 aliphatic rings. The molecule has 0 radical (unpaired) electrons. The van der Waals surface area contributed by atoms with Gasteiger partial charge >= 0.3 is 0 Å². The fourth-order valence-corrected chi connectivity index (χ4v) is 4.15. The summed E-state index contributed by atoms with van der Waals surface area (Å²) in [6.45, 7) is 5.49. The molecule has 2 heterocycles. The van der Waals surface area contributed by atoms with Crippen molar-refractivity contribution in [3.63, 3.8) is 0 Å². The van der Waals surface area contributed by atoms with Gasteiger partial charge in [0.25, 0.3) is 0 Å². The van der Waals surface area contributed by atoms with Gasteiger partial charge in [-0.1, -0.05) is 6.92 Å². The van der Waals surface area contributed by atoms with Gasteiger partial charge in [0.05, 0.1) is 18.1 Å². The molecule has 0 bridgehead atoms. The first-order valence-electron chi connectivity index (χ1n) is 8.09. The molecule has 1 aromatic rings. The summed E-state index contributed by atoms with van der Waals surface area (Å²) in [5, 5.41) is 3.33. The second-order valence-corrected chi connectivity index (χ2v) is 8.34. The van der Waals surface area contributed by atoms with Gasteiger partial charge < -0.3 is 14.8 Å². The van der Waals surface area contributed by atoms with Gasteiger partial charge in [0.1, 0.15) is 0 Å². The van der Waals surface area contributed by atoms with E-state index in [-0.39, 0.29) is 22.7 Å². The first-order chi connectivity index (χ1) is 11.0. The Morgan fingerprint density at radius 3 is 2.67 bits per heavy atom. The Balaban J connectivity index is 0.00000208. The van der Waals surface area contributed by atoms with E-state index in [1.165, 1.54) is 0 Å². The zero-order chi connectivity index (χ0) is 16.3. The van der Waals surface area contributed by atoms with Crippen molar-refractivity contribution in [2.75, 3.05) is 32.8 Å². The van der Waals surface area contributed by atoms with Crippen LogP contribution in [0.25, 0.3) is 0 Å². The summed E-state index contributed by atoms with van der Waals surface area (Å²) in [7, 11) is -3.56. The van der Waals surface area contributed by atoms with Crippen molar-refractivity contribution in [2.24, 2.45) is 5.41 Å². The third-order valence-electron chi connectivity index (χ3n) is 4.40. The topological polar surface area (TPSA) is 76.7 Å². The van der Waals surface area contributed by atoms with Gasteiger partial charge in [0.15, 0.2) is 11.5 Å². The number of hydrogen-bond donors (Lipinski definition) is 2. The minimum Gasteiger partial charge on any atom is -0.490 e. The first-order valence-corrected chi connectivity index (χ1v) is 9.57. The first kappa shape index (κ1) is 19.3. The van der Waals surface area contributed by atoms with Crippen molar-refractivity contribution in [1.82, 2.24) is 10.0 Å². The molecular weight excluding hydrogens is 352 g/mol. The molecule has 8 heteroatoms. The zero-order valence-electron chi connectivity index (χ0n) is 13.8. The number of halogens is 1. The number of benzene rings is 1. The minimum absolute atomic E-state index is 0. The predicted molar refractivity (Wildman–Crippen MR) is 94.7 cm³/mol. The van der Waals surface area contributed by atoms with Crippen molar-refractivity contribution >= 4 is 22.4 Å². The molecule has 136 valence electrons. The summed E-state index contributed by atoms with van der Waals surface area (Å²) in [5.74, 6) is 1.10. The summed E-state index contributed by atoms with van der Waals surface area (Å²) in [4.78, 5) is 0.217. The maximum atomic E-state index is 12.6. The molecular formula is C16H25ClN2O4S. The fraction of sp³-hybridized carbons (Fsp3) is 0.625. The Hall–Kier alpha value is -1.02. The predicted octanol–water partition coefficient (Wildman–Crippen LogP) is 1.94. The minimum atomic E-state index is -3.56. The van der Waals surface area contributed by atoms with E-state index in [1.54, 1.807) is 18.2 Å². The molecule has 0 saturated carbocycles. The summed E-state index contributed by atoms with van der Waals surface area (Å²) < 4.78 is 39.0. The second kappa shape index (κ2) is 7.91. The van der Waals surface area contributed by atoms with Gasteiger partial charge in [-0.3, -0.25) is 0 Å². The Kier molecular flexibility index (Phi) is 6.36. The van der Waals surface area contributed by atoms with Crippen LogP contribution < -0.4 is 19.5 Å². The number of piperidine rings is 1. The van der Waals surface area contributed by atoms with E-state index in [4.69, 9.17) is 9.47 Å². The lowest BCUT2D eigenvalue weighted by molar-refractivity contribution is 0.238. The quantitative estimate of drug-likeness (QED) is 0.839. The van der Waals surface area contributed by atoms with Crippen LogP contribution >= 0.6 is 12.4 Å². The van der Waals surface area contributed by atoms with Crippen LogP contribution in [0.1, 0.15) is 26.2 Å². The molecule has 6 nitrogen and oxygen atoms in total. The highest BCUT2D eigenvalue weighted by atomic mass is 35.5. The molecule has 1 atom stereocenters. The van der Waals surface area contributed by atoms with Crippen LogP contribution in [0.5, 0.6) is 11.5 Å². The van der Waals surface area contributed by atoms with E-state index in [9.17, 15) is 8.42 Å². The van der Waals surface area contributed by atoms with E-state index in [0.29, 0.717) is 31.3 Å². The van der Waals surface area contributed by atoms with Gasteiger partial charge in [0.2, 0.25) is 10.0 Å². The maximum absolute atomic E-state index is 12.6. The van der Waals surface area contributed by atoms with E-state index in [2.05, 4.69) is 17.0 Å². The lowest BCUT2D eigenvalue weighted by Gasteiger charge is -2.34. The van der Waals surface area contributed by atoms with Gasteiger partial charge in [0, 0.05) is 25.6 Å². The van der Waals surface area contributed by atoms with E-state index in [1.807, 2.05) is 0 Å². The smallest absolute Gasteiger partial charge is 0.240 e. The molecule has 1 fully saturated rings. The fourth-order valence-electron chi connectivity index (χ4n) is 2.93. The average Bonchev–Trinajstić information content (AvgIpc) is 2.78. The highest BCUT2D eigenvalue weighted by molar-refractivity contribution is 7.89. The Labute approximate surface area is 149 Å². The van der Waals surface area contributed by atoms with E-state index >= 15 is 0 Å². The molecule has 2 aliphatic heterocycles. The van der Waals surface area contributed by atoms with Crippen LogP contribution in [-0.2, 0) is 10.0 Å². The molecule has 0 aromatic heterocycles. The molecule has 3 rings (SSSR count). The molecule has 0 aliphatic carbocycles. The number of nitrogens with one attached hydrogen (secondary N) is 2. The largest absolute Gasteiger partial charge is 0.490 e. The van der Waals surface area contributed by atoms with Crippen LogP contribution in [-0.4, -0.2) is 41.3 Å². The summed E-state index contributed by atoms with van der Waals surface area (Å²) in [5.41, 5.74) is -0.0450. The molecule has 24 heavy (non-hydrogen) atoms. The van der Waals surface area contributed by atoms with Crippen LogP contribution in [0.2, 0.25) is 0 Å². The van der Waals surface area contributed by atoms with Crippen molar-refractivity contribution < 1.29 is 17.9 Å². The summed E-state index contributed by atoms with van der Waals surface area (Å²) >= 11 is 0.